The Morgan fingerprint density at radius 3 is 1.75 bits per heavy atom. The highest BCUT2D eigenvalue weighted by Crippen LogP contribution is 2.37. The Hall–Kier alpha value is 0.235. The lowest BCUT2D eigenvalue weighted by molar-refractivity contribution is 0.00578. The lowest BCUT2D eigenvalue weighted by Crippen LogP contribution is -2.42. The molecule has 0 aliphatic carbocycles. The maximum absolute atomic E-state index is 6.07. The zero-order valence-electron chi connectivity index (χ0n) is 11.2. The van der Waals surface area contributed by atoms with E-state index in [4.69, 9.17) is 15.0 Å². The van der Waals surface area contributed by atoms with E-state index >= 15 is 0 Å². The second-order valence-electron chi connectivity index (χ2n) is 5.92. The van der Waals surface area contributed by atoms with E-state index in [-0.39, 0.29) is 36.7 Å². The number of nitrogens with two attached hydrogens (primary N) is 1. The second kappa shape index (κ2) is 5.26. The van der Waals surface area contributed by atoms with E-state index < -0.39 is 0 Å². The monoisotopic (exact) mass is 249 g/mol. The van der Waals surface area contributed by atoms with Gasteiger partial charge in [-0.05, 0) is 40.0 Å². The molecule has 1 aliphatic heterocycles. The first kappa shape index (κ1) is 16.2. The lowest BCUT2D eigenvalue weighted by Gasteiger charge is -2.32. The summed E-state index contributed by atoms with van der Waals surface area (Å²) in [4.78, 5) is 0. The first-order valence-electron chi connectivity index (χ1n) is 5.77. The molecule has 5 heteroatoms. The maximum Gasteiger partial charge on any atom is 0.475 e. The highest BCUT2D eigenvalue weighted by Gasteiger charge is 2.52. The summed E-state index contributed by atoms with van der Waals surface area (Å²) < 4.78 is 11.8. The fraction of sp³-hybridized carbons (Fsp3) is 1.00. The van der Waals surface area contributed by atoms with E-state index in [1.165, 1.54) is 0 Å². The van der Waals surface area contributed by atoms with Crippen LogP contribution >= 0.6 is 12.4 Å². The minimum Gasteiger partial charge on any atom is -0.402 e. The molecule has 1 rings (SSSR count). The van der Waals surface area contributed by atoms with Gasteiger partial charge in [-0.3, -0.25) is 0 Å². The number of halogens is 1. The minimum absolute atomic E-state index is 0. The summed E-state index contributed by atoms with van der Waals surface area (Å²) in [6, 6.07) is 0. The summed E-state index contributed by atoms with van der Waals surface area (Å²) in [5.41, 5.74) is 5.53. The smallest absolute Gasteiger partial charge is 0.402 e. The van der Waals surface area contributed by atoms with E-state index in [1.807, 2.05) is 0 Å². The van der Waals surface area contributed by atoms with Gasteiger partial charge in [-0.25, -0.2) is 0 Å². The summed E-state index contributed by atoms with van der Waals surface area (Å²) in [6.45, 7) is 12.5. The third kappa shape index (κ3) is 3.36. The molecule has 0 aromatic heterocycles. The summed E-state index contributed by atoms with van der Waals surface area (Å²) >= 11 is 0. The van der Waals surface area contributed by atoms with Gasteiger partial charge in [0.15, 0.2) is 0 Å². The molecule has 2 N–H and O–H groups in total. The average Bonchev–Trinajstić information content (AvgIpc) is 2.20. The first-order valence-corrected chi connectivity index (χ1v) is 5.77. The van der Waals surface area contributed by atoms with E-state index in [0.29, 0.717) is 5.92 Å². The second-order valence-corrected chi connectivity index (χ2v) is 5.92. The van der Waals surface area contributed by atoms with Crippen molar-refractivity contribution in [2.45, 2.75) is 65.1 Å². The van der Waals surface area contributed by atoms with Crippen molar-refractivity contribution < 1.29 is 9.31 Å². The summed E-state index contributed by atoms with van der Waals surface area (Å²) in [6.07, 6.45) is 0.927. The molecule has 0 radical (unpaired) electrons. The molecule has 3 nitrogen and oxygen atoms in total. The van der Waals surface area contributed by atoms with Crippen LogP contribution in [0.2, 0.25) is 0 Å². The topological polar surface area (TPSA) is 44.5 Å². The van der Waals surface area contributed by atoms with Crippen molar-refractivity contribution in [2.75, 3.05) is 0 Å². The van der Waals surface area contributed by atoms with Crippen LogP contribution in [-0.4, -0.2) is 24.3 Å². The Balaban J connectivity index is 0.00000225. The number of hydrogen-bond donors (Lipinski definition) is 1. The summed E-state index contributed by atoms with van der Waals surface area (Å²) in [5, 5.41) is 0. The number of rotatable bonds is 3. The van der Waals surface area contributed by atoms with E-state index in [1.54, 1.807) is 0 Å². The predicted octanol–water partition coefficient (Wildman–Crippen LogP) is 2.41. The fourth-order valence-electron chi connectivity index (χ4n) is 1.72. The molecule has 1 unspecified atom stereocenters. The normalized spacial score (nSPS) is 24.4. The van der Waals surface area contributed by atoms with Crippen LogP contribution in [-0.2, 0) is 9.31 Å². The van der Waals surface area contributed by atoms with Gasteiger partial charge in [-0.1, -0.05) is 13.8 Å². The predicted molar refractivity (Wildman–Crippen MR) is 70.8 cm³/mol. The molecule has 16 heavy (non-hydrogen) atoms. The van der Waals surface area contributed by atoms with Crippen LogP contribution in [0.1, 0.15) is 48.0 Å². The molecule has 1 aliphatic rings. The average molecular weight is 250 g/mol. The third-order valence-corrected chi connectivity index (χ3v) is 3.36. The Kier molecular flexibility index (Phi) is 5.33. The standard InChI is InChI=1S/C11H24BNO2.ClH/c1-8(2)7-9(13)12-14-10(3,4)11(5,6)15-12;/h8-9H,7,13H2,1-6H3;1H. The molecule has 1 atom stereocenters. The zero-order chi connectivity index (χ0) is 11.9. The molecule has 0 aromatic carbocycles. The highest BCUT2D eigenvalue weighted by molar-refractivity contribution is 6.47. The first-order chi connectivity index (χ1) is 6.66. The molecule has 0 aromatic rings. The van der Waals surface area contributed by atoms with Crippen LogP contribution in [0.3, 0.4) is 0 Å². The Morgan fingerprint density at radius 1 is 1.06 bits per heavy atom. The van der Waals surface area contributed by atoms with Gasteiger partial charge in [0, 0.05) is 5.94 Å². The van der Waals surface area contributed by atoms with Gasteiger partial charge in [-0.15, -0.1) is 12.4 Å². The van der Waals surface area contributed by atoms with Crippen molar-refractivity contribution in [3.63, 3.8) is 0 Å². The van der Waals surface area contributed by atoms with Crippen molar-refractivity contribution in [2.24, 2.45) is 11.7 Å². The minimum atomic E-state index is -0.272. The molecule has 0 saturated carbocycles. The molecule has 96 valence electrons. The summed E-state index contributed by atoms with van der Waals surface area (Å²) in [5.74, 6) is 0.532. The zero-order valence-corrected chi connectivity index (χ0v) is 12.1. The largest absolute Gasteiger partial charge is 0.475 e. The molecule has 0 spiro atoms. The molecule has 1 fully saturated rings. The molecular weight excluding hydrogens is 224 g/mol. The van der Waals surface area contributed by atoms with Crippen LogP contribution in [0.15, 0.2) is 0 Å². The van der Waals surface area contributed by atoms with Gasteiger partial charge in [-0.2, -0.15) is 0 Å². The van der Waals surface area contributed by atoms with E-state index in [9.17, 15) is 0 Å². The Bertz CT molecular complexity index is 218. The van der Waals surface area contributed by atoms with Crippen LogP contribution in [0.25, 0.3) is 0 Å². The van der Waals surface area contributed by atoms with Crippen molar-refractivity contribution in [3.8, 4) is 0 Å². The van der Waals surface area contributed by atoms with Crippen molar-refractivity contribution in [1.82, 2.24) is 0 Å². The molecule has 1 saturated heterocycles. The Labute approximate surface area is 106 Å². The van der Waals surface area contributed by atoms with Gasteiger partial charge in [0.2, 0.25) is 0 Å². The van der Waals surface area contributed by atoms with Crippen LogP contribution in [0, 0.1) is 5.92 Å². The Morgan fingerprint density at radius 2 is 1.44 bits per heavy atom. The van der Waals surface area contributed by atoms with Gasteiger partial charge in [0.05, 0.1) is 11.2 Å². The van der Waals surface area contributed by atoms with Crippen molar-refractivity contribution >= 4 is 19.5 Å². The lowest BCUT2D eigenvalue weighted by atomic mass is 9.75. The van der Waals surface area contributed by atoms with E-state index in [2.05, 4.69) is 41.5 Å². The van der Waals surface area contributed by atoms with E-state index in [0.717, 1.165) is 6.42 Å². The maximum atomic E-state index is 6.07. The van der Waals surface area contributed by atoms with Crippen LogP contribution in [0.4, 0.5) is 0 Å². The van der Waals surface area contributed by atoms with Crippen molar-refractivity contribution in [1.29, 1.82) is 0 Å². The van der Waals surface area contributed by atoms with Crippen LogP contribution in [0.5, 0.6) is 0 Å². The van der Waals surface area contributed by atoms with Crippen LogP contribution < -0.4 is 5.73 Å². The quantitative estimate of drug-likeness (QED) is 0.781. The summed E-state index contributed by atoms with van der Waals surface area (Å²) in [7, 11) is -0.266. The van der Waals surface area contributed by atoms with Gasteiger partial charge < -0.3 is 15.0 Å². The van der Waals surface area contributed by atoms with Gasteiger partial charge >= 0.3 is 7.12 Å². The van der Waals surface area contributed by atoms with Gasteiger partial charge in [0.1, 0.15) is 0 Å². The van der Waals surface area contributed by atoms with Crippen molar-refractivity contribution in [3.05, 3.63) is 0 Å². The molecule has 0 amide bonds. The SMILES string of the molecule is CC(C)CC(N)B1OC(C)(C)C(C)(C)O1.Cl. The molecular formula is C11H25BClNO2. The highest BCUT2D eigenvalue weighted by atomic mass is 35.5. The third-order valence-electron chi connectivity index (χ3n) is 3.36. The molecule has 1 heterocycles. The fourth-order valence-corrected chi connectivity index (χ4v) is 1.72. The number of hydrogen-bond acceptors (Lipinski definition) is 3. The molecule has 0 bridgehead atoms. The van der Waals surface area contributed by atoms with Gasteiger partial charge in [0.25, 0.3) is 0 Å².